The van der Waals surface area contributed by atoms with Crippen molar-refractivity contribution in [3.63, 3.8) is 0 Å². The fourth-order valence-electron chi connectivity index (χ4n) is 2.20. The number of aromatic nitrogens is 2. The van der Waals surface area contributed by atoms with Crippen molar-refractivity contribution in [1.82, 2.24) is 19.8 Å². The molecule has 1 aliphatic rings. The first kappa shape index (κ1) is 12.5. The van der Waals surface area contributed by atoms with Crippen molar-refractivity contribution in [3.8, 4) is 0 Å². The van der Waals surface area contributed by atoms with Gasteiger partial charge in [-0.25, -0.2) is 4.98 Å². The van der Waals surface area contributed by atoms with E-state index < -0.39 is 0 Å². The monoisotopic (exact) mass is 238 g/mol. The van der Waals surface area contributed by atoms with Gasteiger partial charge in [-0.2, -0.15) is 0 Å². The van der Waals surface area contributed by atoms with E-state index in [1.54, 1.807) is 0 Å². The molecule has 1 unspecified atom stereocenters. The molecular weight excluding hydrogens is 216 g/mol. The summed E-state index contributed by atoms with van der Waals surface area (Å²) in [5, 5.41) is 13.4. The van der Waals surface area contributed by atoms with Crippen LogP contribution in [0.4, 0.5) is 0 Å². The molecule has 1 atom stereocenters. The maximum atomic E-state index is 10.1. The fraction of sp³-hybridized carbons (Fsp3) is 0.750. The van der Waals surface area contributed by atoms with Crippen molar-refractivity contribution < 1.29 is 5.11 Å². The Balaban J connectivity index is 1.84. The Morgan fingerprint density at radius 2 is 2.06 bits per heavy atom. The van der Waals surface area contributed by atoms with Crippen LogP contribution in [-0.4, -0.2) is 58.4 Å². The lowest BCUT2D eigenvalue weighted by atomic mass is 10.2. The van der Waals surface area contributed by atoms with Gasteiger partial charge < -0.3 is 15.0 Å². The van der Waals surface area contributed by atoms with Gasteiger partial charge >= 0.3 is 0 Å². The fourth-order valence-corrected chi connectivity index (χ4v) is 2.20. The molecule has 2 N–H and O–H groups in total. The summed E-state index contributed by atoms with van der Waals surface area (Å²) >= 11 is 0. The molecule has 0 aliphatic carbocycles. The number of aliphatic hydroxyl groups excluding tert-OH is 1. The summed E-state index contributed by atoms with van der Waals surface area (Å²) < 4.78 is 2.03. The van der Waals surface area contributed by atoms with Gasteiger partial charge in [-0.1, -0.05) is 0 Å². The number of imidazole rings is 1. The number of rotatable bonds is 4. The summed E-state index contributed by atoms with van der Waals surface area (Å²) in [5.74, 6) is 0. The molecule has 2 rings (SSSR count). The van der Waals surface area contributed by atoms with E-state index in [1.165, 1.54) is 0 Å². The first-order chi connectivity index (χ1) is 8.16. The maximum Gasteiger partial charge on any atom is 0.0952 e. The first-order valence-electron chi connectivity index (χ1n) is 6.26. The highest BCUT2D eigenvalue weighted by Gasteiger charge is 2.15. The maximum absolute atomic E-state index is 10.1. The minimum absolute atomic E-state index is 0.319. The number of aryl methyl sites for hydroxylation is 1. The van der Waals surface area contributed by atoms with Gasteiger partial charge in [0.1, 0.15) is 0 Å². The van der Waals surface area contributed by atoms with Gasteiger partial charge in [0.2, 0.25) is 0 Å². The Labute approximate surface area is 102 Å². The Morgan fingerprint density at radius 1 is 1.35 bits per heavy atom. The number of nitrogens with zero attached hydrogens (tertiary/aromatic N) is 3. The summed E-state index contributed by atoms with van der Waals surface area (Å²) in [6.45, 7) is 9.52. The van der Waals surface area contributed by atoms with E-state index in [4.69, 9.17) is 0 Å². The second kappa shape index (κ2) is 5.62. The minimum Gasteiger partial charge on any atom is -0.390 e. The molecule has 1 aromatic rings. The minimum atomic E-state index is -0.319. The molecule has 5 nitrogen and oxygen atoms in total. The van der Waals surface area contributed by atoms with Gasteiger partial charge in [-0.3, -0.25) is 4.90 Å². The summed E-state index contributed by atoms with van der Waals surface area (Å²) in [6.07, 6.45) is 1.49. The normalized spacial score (nSPS) is 19.5. The lowest BCUT2D eigenvalue weighted by Crippen LogP contribution is -2.46. The Kier molecular flexibility index (Phi) is 4.15. The van der Waals surface area contributed by atoms with Crippen LogP contribution in [0.1, 0.15) is 11.4 Å². The van der Waals surface area contributed by atoms with E-state index in [9.17, 15) is 5.11 Å². The zero-order chi connectivity index (χ0) is 12.3. The van der Waals surface area contributed by atoms with Crippen molar-refractivity contribution in [2.45, 2.75) is 26.5 Å². The highest BCUT2D eigenvalue weighted by molar-refractivity contribution is 5.08. The van der Waals surface area contributed by atoms with Crippen LogP contribution in [0.2, 0.25) is 0 Å². The number of nitrogens with one attached hydrogen (secondary N) is 1. The number of piperazine rings is 1. The van der Waals surface area contributed by atoms with Crippen molar-refractivity contribution in [1.29, 1.82) is 0 Å². The average Bonchev–Trinajstić information content (AvgIpc) is 2.62. The SMILES string of the molecule is Cc1ncn(CC(O)CN2CCNCC2)c1C. The van der Waals surface area contributed by atoms with Crippen LogP contribution in [0.15, 0.2) is 6.33 Å². The summed E-state index contributed by atoms with van der Waals surface area (Å²) in [4.78, 5) is 6.55. The summed E-state index contributed by atoms with van der Waals surface area (Å²) in [6, 6.07) is 0. The first-order valence-corrected chi connectivity index (χ1v) is 6.26. The van der Waals surface area contributed by atoms with E-state index in [-0.39, 0.29) is 6.10 Å². The third-order valence-electron chi connectivity index (χ3n) is 3.43. The van der Waals surface area contributed by atoms with E-state index >= 15 is 0 Å². The zero-order valence-electron chi connectivity index (χ0n) is 10.7. The summed E-state index contributed by atoms with van der Waals surface area (Å²) in [7, 11) is 0. The lowest BCUT2D eigenvalue weighted by Gasteiger charge is -2.29. The Hall–Kier alpha value is -0.910. The summed E-state index contributed by atoms with van der Waals surface area (Å²) in [5.41, 5.74) is 2.18. The van der Waals surface area contributed by atoms with Crippen LogP contribution < -0.4 is 5.32 Å². The molecule has 1 fully saturated rings. The van der Waals surface area contributed by atoms with Crippen LogP contribution >= 0.6 is 0 Å². The second-order valence-corrected chi connectivity index (χ2v) is 4.77. The van der Waals surface area contributed by atoms with E-state index in [0.29, 0.717) is 6.54 Å². The quantitative estimate of drug-likeness (QED) is 0.760. The van der Waals surface area contributed by atoms with Gasteiger partial charge in [0.25, 0.3) is 0 Å². The highest BCUT2D eigenvalue weighted by atomic mass is 16.3. The van der Waals surface area contributed by atoms with Crippen molar-refractivity contribution in [2.75, 3.05) is 32.7 Å². The molecule has 96 valence electrons. The van der Waals surface area contributed by atoms with Gasteiger partial charge in [-0.05, 0) is 13.8 Å². The van der Waals surface area contributed by atoms with E-state index in [1.807, 2.05) is 24.7 Å². The number of hydrogen-bond donors (Lipinski definition) is 2. The standard InChI is InChI=1S/C12H22N4O/c1-10-11(2)16(9-14-10)8-12(17)7-15-5-3-13-4-6-15/h9,12-13,17H,3-8H2,1-2H3. The number of hydrogen-bond acceptors (Lipinski definition) is 4. The van der Waals surface area contributed by atoms with E-state index in [2.05, 4.69) is 15.2 Å². The molecule has 0 bridgehead atoms. The molecule has 5 heteroatoms. The van der Waals surface area contributed by atoms with Crippen molar-refractivity contribution in [2.24, 2.45) is 0 Å². The highest BCUT2D eigenvalue weighted by Crippen LogP contribution is 2.06. The topological polar surface area (TPSA) is 53.3 Å². The van der Waals surface area contributed by atoms with Gasteiger partial charge in [0.15, 0.2) is 0 Å². The molecule has 17 heavy (non-hydrogen) atoms. The van der Waals surface area contributed by atoms with Gasteiger partial charge in [-0.15, -0.1) is 0 Å². The third kappa shape index (κ3) is 3.28. The molecule has 0 radical (unpaired) electrons. The van der Waals surface area contributed by atoms with Crippen LogP contribution in [0.3, 0.4) is 0 Å². The van der Waals surface area contributed by atoms with Crippen LogP contribution in [0, 0.1) is 13.8 Å². The Morgan fingerprint density at radius 3 is 2.65 bits per heavy atom. The second-order valence-electron chi connectivity index (χ2n) is 4.77. The molecule has 1 aromatic heterocycles. The molecular formula is C12H22N4O. The molecule has 2 heterocycles. The van der Waals surface area contributed by atoms with Crippen LogP contribution in [0.25, 0.3) is 0 Å². The Bertz CT molecular complexity index is 357. The predicted molar refractivity (Wildman–Crippen MR) is 67.0 cm³/mol. The molecule has 0 saturated carbocycles. The molecule has 0 aromatic carbocycles. The molecule has 1 saturated heterocycles. The van der Waals surface area contributed by atoms with E-state index in [0.717, 1.165) is 44.1 Å². The molecule has 0 amide bonds. The number of β-amino-alcohol motifs (C(OH)–C–C–N with tert-alkyl or cyclic N) is 1. The largest absolute Gasteiger partial charge is 0.390 e. The zero-order valence-corrected chi connectivity index (χ0v) is 10.7. The number of aliphatic hydroxyl groups is 1. The third-order valence-corrected chi connectivity index (χ3v) is 3.43. The lowest BCUT2D eigenvalue weighted by molar-refractivity contribution is 0.0913. The van der Waals surface area contributed by atoms with Crippen molar-refractivity contribution in [3.05, 3.63) is 17.7 Å². The van der Waals surface area contributed by atoms with Gasteiger partial charge in [0, 0.05) is 38.4 Å². The molecule has 0 spiro atoms. The average molecular weight is 238 g/mol. The predicted octanol–water partition coefficient (Wildman–Crippen LogP) is -0.234. The van der Waals surface area contributed by atoms with Crippen molar-refractivity contribution >= 4 is 0 Å². The van der Waals surface area contributed by atoms with Gasteiger partial charge in [0.05, 0.1) is 24.7 Å². The molecule has 1 aliphatic heterocycles. The smallest absolute Gasteiger partial charge is 0.0952 e. The van der Waals surface area contributed by atoms with Crippen LogP contribution in [-0.2, 0) is 6.54 Å². The van der Waals surface area contributed by atoms with Crippen LogP contribution in [0.5, 0.6) is 0 Å².